The number of carbonyl (C=O) groups excluding carboxylic acids is 2. The summed E-state index contributed by atoms with van der Waals surface area (Å²) in [6, 6.07) is 0. The lowest BCUT2D eigenvalue weighted by molar-refractivity contribution is -0.145. The Morgan fingerprint density at radius 2 is 1.95 bits per heavy atom. The first-order valence-corrected chi connectivity index (χ1v) is 7.98. The van der Waals surface area contributed by atoms with Crippen LogP contribution >= 0.6 is 0 Å². The molecule has 0 aromatic carbocycles. The van der Waals surface area contributed by atoms with Crippen molar-refractivity contribution in [3.63, 3.8) is 0 Å². The molecule has 0 radical (unpaired) electrons. The number of allylic oxidation sites excluding steroid dienone is 2. The third-order valence-electron chi connectivity index (χ3n) is 6.60. The first-order chi connectivity index (χ1) is 9.21. The zero-order valence-corrected chi connectivity index (χ0v) is 11.5. The predicted molar refractivity (Wildman–Crippen MR) is 72.6 cm³/mol. The average molecular weight is 258 g/mol. The molecule has 0 amide bonds. The van der Waals surface area contributed by atoms with Gasteiger partial charge < -0.3 is 0 Å². The van der Waals surface area contributed by atoms with Crippen LogP contribution in [0, 0.1) is 16.7 Å². The highest BCUT2D eigenvalue weighted by Gasteiger charge is 2.68. The Morgan fingerprint density at radius 3 is 2.84 bits per heavy atom. The number of carbonyl (C=O) groups is 2. The third kappa shape index (κ3) is 1.24. The molecule has 2 nitrogen and oxygen atoms in total. The highest BCUT2D eigenvalue weighted by Crippen LogP contribution is 2.69. The van der Waals surface area contributed by atoms with Crippen LogP contribution in [0.15, 0.2) is 11.6 Å². The number of Topliss-reactive ketones (excluding diaryl/α,β-unsaturated/α-hetero) is 2. The first kappa shape index (κ1) is 11.9. The summed E-state index contributed by atoms with van der Waals surface area (Å²) in [4.78, 5) is 25.3. The van der Waals surface area contributed by atoms with Gasteiger partial charge in [-0.25, -0.2) is 0 Å². The van der Waals surface area contributed by atoms with Crippen LogP contribution in [0.25, 0.3) is 0 Å². The van der Waals surface area contributed by atoms with Gasteiger partial charge in [-0.1, -0.05) is 18.9 Å². The second-order valence-electron chi connectivity index (χ2n) is 7.06. The van der Waals surface area contributed by atoms with Crippen molar-refractivity contribution in [1.82, 2.24) is 0 Å². The minimum absolute atomic E-state index is 0.0389. The van der Waals surface area contributed by atoms with Gasteiger partial charge >= 0.3 is 0 Å². The van der Waals surface area contributed by atoms with E-state index in [2.05, 4.69) is 6.08 Å². The van der Waals surface area contributed by atoms with Crippen molar-refractivity contribution in [2.24, 2.45) is 16.7 Å². The minimum Gasteiger partial charge on any atom is -0.299 e. The molecule has 4 aliphatic rings. The topological polar surface area (TPSA) is 34.1 Å². The fourth-order valence-electron chi connectivity index (χ4n) is 5.98. The van der Waals surface area contributed by atoms with E-state index in [-0.39, 0.29) is 10.8 Å². The molecular weight excluding hydrogens is 236 g/mol. The van der Waals surface area contributed by atoms with Gasteiger partial charge in [0.05, 0.1) is 0 Å². The lowest BCUT2D eigenvalue weighted by Gasteiger charge is -2.57. The van der Waals surface area contributed by atoms with E-state index in [0.29, 0.717) is 23.9 Å². The van der Waals surface area contributed by atoms with Gasteiger partial charge in [-0.15, -0.1) is 0 Å². The van der Waals surface area contributed by atoms with E-state index < -0.39 is 0 Å². The summed E-state index contributed by atoms with van der Waals surface area (Å²) in [5.41, 5.74) is 0.900. The van der Waals surface area contributed by atoms with Crippen LogP contribution in [-0.4, -0.2) is 11.6 Å². The van der Waals surface area contributed by atoms with E-state index >= 15 is 0 Å². The Morgan fingerprint density at radius 1 is 1.05 bits per heavy atom. The van der Waals surface area contributed by atoms with E-state index in [1.54, 1.807) is 0 Å². The average Bonchev–Trinajstić information content (AvgIpc) is 2.70. The summed E-state index contributed by atoms with van der Waals surface area (Å²) in [5, 5.41) is 0. The van der Waals surface area contributed by atoms with Crippen LogP contribution in [-0.2, 0) is 9.59 Å². The van der Waals surface area contributed by atoms with Gasteiger partial charge in [0.25, 0.3) is 0 Å². The summed E-state index contributed by atoms with van der Waals surface area (Å²) in [7, 11) is 0. The van der Waals surface area contributed by atoms with Gasteiger partial charge in [-0.2, -0.15) is 0 Å². The molecule has 19 heavy (non-hydrogen) atoms. The molecule has 0 heterocycles. The SMILES string of the molecule is O=C1C[C@@H]2CCCC[C@@]23C(=O)CC[C@]32CCCC=C12. The Bertz CT molecular complexity index is 489. The Balaban J connectivity index is 1.94. The number of hydrogen-bond acceptors (Lipinski definition) is 2. The zero-order valence-electron chi connectivity index (χ0n) is 11.5. The summed E-state index contributed by atoms with van der Waals surface area (Å²) >= 11 is 0. The van der Waals surface area contributed by atoms with Crippen LogP contribution in [0.2, 0.25) is 0 Å². The van der Waals surface area contributed by atoms with Gasteiger partial charge in [0, 0.05) is 23.7 Å². The molecule has 0 aliphatic heterocycles. The number of rotatable bonds is 0. The molecule has 4 aliphatic carbocycles. The van der Waals surface area contributed by atoms with Crippen molar-refractivity contribution < 1.29 is 9.59 Å². The third-order valence-corrected chi connectivity index (χ3v) is 6.60. The molecule has 2 heteroatoms. The van der Waals surface area contributed by atoms with Crippen molar-refractivity contribution in [1.29, 1.82) is 0 Å². The van der Waals surface area contributed by atoms with Gasteiger partial charge in [0.1, 0.15) is 5.78 Å². The molecule has 0 aromatic heterocycles. The van der Waals surface area contributed by atoms with E-state index in [0.717, 1.165) is 44.1 Å². The standard InChI is InChI=1S/C17H22O2/c18-14-11-12-5-1-4-9-17(12)15(19)7-10-16(17)8-3-2-6-13(14)16/h6,12H,1-5,7-11H2/t12-,16-,17-/m0/s1. The molecule has 0 unspecified atom stereocenters. The molecule has 0 saturated heterocycles. The quantitative estimate of drug-likeness (QED) is 0.665. The zero-order chi connectivity index (χ0) is 13.1. The Labute approximate surface area is 114 Å². The molecule has 3 fully saturated rings. The first-order valence-electron chi connectivity index (χ1n) is 7.98. The molecule has 3 atom stereocenters. The molecule has 0 aromatic rings. The van der Waals surface area contributed by atoms with Gasteiger partial charge in [0.2, 0.25) is 0 Å². The Hall–Kier alpha value is -0.920. The molecule has 0 bridgehead atoms. The lowest BCUT2D eigenvalue weighted by atomic mass is 9.45. The van der Waals surface area contributed by atoms with E-state index in [1.165, 1.54) is 19.3 Å². The summed E-state index contributed by atoms with van der Waals surface area (Å²) in [6.07, 6.45) is 12.4. The van der Waals surface area contributed by atoms with Crippen molar-refractivity contribution in [2.45, 2.75) is 64.2 Å². The molecule has 4 rings (SSSR count). The van der Waals surface area contributed by atoms with Crippen LogP contribution in [0.1, 0.15) is 64.2 Å². The molecule has 3 saturated carbocycles. The van der Waals surface area contributed by atoms with Crippen molar-refractivity contribution in [3.05, 3.63) is 11.6 Å². The van der Waals surface area contributed by atoms with Crippen LogP contribution in [0.5, 0.6) is 0 Å². The van der Waals surface area contributed by atoms with Gasteiger partial charge in [0.15, 0.2) is 5.78 Å². The van der Waals surface area contributed by atoms with E-state index in [9.17, 15) is 9.59 Å². The summed E-state index contributed by atoms with van der Waals surface area (Å²) < 4.78 is 0. The second-order valence-corrected chi connectivity index (χ2v) is 7.06. The molecule has 102 valence electrons. The summed E-state index contributed by atoms with van der Waals surface area (Å²) in [6.45, 7) is 0. The molecular formula is C17H22O2. The van der Waals surface area contributed by atoms with Crippen molar-refractivity contribution in [3.8, 4) is 0 Å². The van der Waals surface area contributed by atoms with E-state index in [1.807, 2.05) is 0 Å². The predicted octanol–water partition coefficient (Wildman–Crippen LogP) is 3.60. The highest BCUT2D eigenvalue weighted by molar-refractivity contribution is 6.03. The second kappa shape index (κ2) is 3.80. The van der Waals surface area contributed by atoms with Crippen molar-refractivity contribution in [2.75, 3.05) is 0 Å². The fraction of sp³-hybridized carbons (Fsp3) is 0.765. The fourth-order valence-corrected chi connectivity index (χ4v) is 5.98. The lowest BCUT2D eigenvalue weighted by Crippen LogP contribution is -2.56. The monoisotopic (exact) mass is 258 g/mol. The van der Waals surface area contributed by atoms with Crippen LogP contribution < -0.4 is 0 Å². The Kier molecular flexibility index (Phi) is 2.38. The number of ketones is 2. The maximum atomic E-state index is 12.8. The maximum absolute atomic E-state index is 12.8. The van der Waals surface area contributed by atoms with Crippen LogP contribution in [0.3, 0.4) is 0 Å². The van der Waals surface area contributed by atoms with E-state index in [4.69, 9.17) is 0 Å². The molecule has 2 spiro atoms. The summed E-state index contributed by atoms with van der Waals surface area (Å²) in [5.74, 6) is 1.23. The van der Waals surface area contributed by atoms with Gasteiger partial charge in [-0.3, -0.25) is 9.59 Å². The smallest absolute Gasteiger partial charge is 0.159 e. The number of hydrogen-bond donors (Lipinski definition) is 0. The normalized spacial score (nSPS) is 45.3. The van der Waals surface area contributed by atoms with Gasteiger partial charge in [-0.05, 0) is 50.0 Å². The van der Waals surface area contributed by atoms with Crippen LogP contribution in [0.4, 0.5) is 0 Å². The molecule has 0 N–H and O–H groups in total. The highest BCUT2D eigenvalue weighted by atomic mass is 16.1. The van der Waals surface area contributed by atoms with Crippen molar-refractivity contribution >= 4 is 11.6 Å². The maximum Gasteiger partial charge on any atom is 0.159 e. The largest absolute Gasteiger partial charge is 0.299 e. The minimum atomic E-state index is -0.134.